The fraction of sp³-hybridized carbons (Fsp3) is 0.533. The Morgan fingerprint density at radius 2 is 2.32 bits per heavy atom. The summed E-state index contributed by atoms with van der Waals surface area (Å²) in [6.07, 6.45) is 2.88. The van der Waals surface area contributed by atoms with Crippen molar-refractivity contribution < 1.29 is 17.9 Å². The van der Waals surface area contributed by atoms with E-state index in [0.29, 0.717) is 31.7 Å². The molecule has 0 saturated carbocycles. The van der Waals surface area contributed by atoms with E-state index in [-0.39, 0.29) is 11.0 Å². The summed E-state index contributed by atoms with van der Waals surface area (Å²) in [4.78, 5) is 0.104. The van der Waals surface area contributed by atoms with Crippen LogP contribution in [0.1, 0.15) is 24.8 Å². The van der Waals surface area contributed by atoms with Crippen LogP contribution in [0.15, 0.2) is 29.2 Å². The third-order valence-electron chi connectivity index (χ3n) is 3.36. The van der Waals surface area contributed by atoms with Crippen molar-refractivity contribution in [1.82, 2.24) is 4.72 Å². The number of hydrogen-bond acceptors (Lipinski definition) is 5. The van der Waals surface area contributed by atoms with Crippen LogP contribution in [0.25, 0.3) is 0 Å². The minimum absolute atomic E-state index is 0.104. The molecule has 120 valence electrons. The Labute approximate surface area is 131 Å². The number of hydrogen-bond donors (Lipinski definition) is 1. The molecule has 1 heterocycles. The van der Waals surface area contributed by atoms with Gasteiger partial charge in [0, 0.05) is 19.8 Å². The van der Waals surface area contributed by atoms with Crippen LogP contribution < -0.4 is 4.72 Å². The highest BCUT2D eigenvalue weighted by Gasteiger charge is 2.16. The predicted octanol–water partition coefficient (Wildman–Crippen LogP) is 1.42. The zero-order valence-electron chi connectivity index (χ0n) is 12.3. The van der Waals surface area contributed by atoms with Gasteiger partial charge in [-0.05, 0) is 37.5 Å². The second-order valence-electron chi connectivity index (χ2n) is 5.10. The Morgan fingerprint density at radius 3 is 3.05 bits per heavy atom. The van der Waals surface area contributed by atoms with E-state index in [4.69, 9.17) is 14.7 Å². The Morgan fingerprint density at radius 1 is 1.45 bits per heavy atom. The molecule has 22 heavy (non-hydrogen) atoms. The summed E-state index contributed by atoms with van der Waals surface area (Å²) in [6, 6.07) is 7.87. The van der Waals surface area contributed by atoms with E-state index in [1.807, 2.05) is 6.07 Å². The zero-order chi connectivity index (χ0) is 15.8. The van der Waals surface area contributed by atoms with Gasteiger partial charge in [-0.15, -0.1) is 0 Å². The number of benzene rings is 1. The van der Waals surface area contributed by atoms with Crippen LogP contribution in [0, 0.1) is 11.3 Å². The topological polar surface area (TPSA) is 88.4 Å². The van der Waals surface area contributed by atoms with Gasteiger partial charge in [0.1, 0.15) is 0 Å². The first-order valence-corrected chi connectivity index (χ1v) is 8.79. The molecular formula is C15H20N2O4S. The molecule has 1 aliphatic rings. The van der Waals surface area contributed by atoms with Crippen molar-refractivity contribution in [2.24, 2.45) is 0 Å². The molecule has 0 aromatic heterocycles. The predicted molar refractivity (Wildman–Crippen MR) is 80.8 cm³/mol. The summed E-state index contributed by atoms with van der Waals surface area (Å²) >= 11 is 0. The first-order chi connectivity index (χ1) is 10.6. The normalized spacial score (nSPS) is 18.2. The highest BCUT2D eigenvalue weighted by Crippen LogP contribution is 2.12. The van der Waals surface area contributed by atoms with E-state index in [2.05, 4.69) is 4.72 Å². The maximum atomic E-state index is 12.1. The highest BCUT2D eigenvalue weighted by molar-refractivity contribution is 7.89. The quantitative estimate of drug-likeness (QED) is 0.731. The van der Waals surface area contributed by atoms with E-state index in [1.165, 1.54) is 12.1 Å². The Bertz CT molecular complexity index is 619. The molecule has 1 N–H and O–H groups in total. The second-order valence-corrected chi connectivity index (χ2v) is 6.87. The van der Waals surface area contributed by atoms with Gasteiger partial charge in [-0.1, -0.05) is 6.07 Å². The van der Waals surface area contributed by atoms with Gasteiger partial charge in [0.2, 0.25) is 10.0 Å². The van der Waals surface area contributed by atoms with E-state index in [9.17, 15) is 8.42 Å². The van der Waals surface area contributed by atoms with Gasteiger partial charge in [-0.25, -0.2) is 13.1 Å². The Balaban J connectivity index is 1.69. The Kier molecular flexibility index (Phi) is 6.34. The molecule has 0 spiro atoms. The molecule has 0 aliphatic carbocycles. The molecule has 1 atom stereocenters. The van der Waals surface area contributed by atoms with Crippen molar-refractivity contribution in [2.75, 3.05) is 26.4 Å². The maximum absolute atomic E-state index is 12.1. The smallest absolute Gasteiger partial charge is 0.240 e. The minimum Gasteiger partial charge on any atom is -0.379 e. The molecule has 6 nitrogen and oxygen atoms in total. The molecule has 1 aliphatic heterocycles. The average Bonchev–Trinajstić information content (AvgIpc) is 3.04. The molecule has 1 saturated heterocycles. The molecule has 1 fully saturated rings. The van der Waals surface area contributed by atoms with Gasteiger partial charge in [-0.3, -0.25) is 0 Å². The van der Waals surface area contributed by atoms with E-state index in [1.54, 1.807) is 12.1 Å². The summed E-state index contributed by atoms with van der Waals surface area (Å²) in [5.74, 6) is 0. The molecule has 0 unspecified atom stereocenters. The largest absolute Gasteiger partial charge is 0.379 e. The maximum Gasteiger partial charge on any atom is 0.240 e. The number of ether oxygens (including phenoxy) is 2. The summed E-state index contributed by atoms with van der Waals surface area (Å²) in [6.45, 7) is 2.15. The van der Waals surface area contributed by atoms with Crippen LogP contribution in [-0.4, -0.2) is 40.9 Å². The van der Waals surface area contributed by atoms with Gasteiger partial charge in [0.25, 0.3) is 0 Å². The second kappa shape index (κ2) is 8.25. The molecule has 7 heteroatoms. The van der Waals surface area contributed by atoms with Gasteiger partial charge in [0.15, 0.2) is 0 Å². The first-order valence-electron chi connectivity index (χ1n) is 7.31. The molecular weight excluding hydrogens is 304 g/mol. The molecule has 0 bridgehead atoms. The minimum atomic E-state index is -3.58. The fourth-order valence-electron chi connectivity index (χ4n) is 2.19. The lowest BCUT2D eigenvalue weighted by molar-refractivity contribution is 0.0169. The van der Waals surface area contributed by atoms with Crippen molar-refractivity contribution >= 4 is 10.0 Å². The molecule has 0 amide bonds. The number of sulfonamides is 1. The summed E-state index contributed by atoms with van der Waals surface area (Å²) in [5.41, 5.74) is 0.322. The van der Waals surface area contributed by atoms with Crippen molar-refractivity contribution in [1.29, 1.82) is 5.26 Å². The zero-order valence-corrected chi connectivity index (χ0v) is 13.1. The van der Waals surface area contributed by atoms with Crippen LogP contribution >= 0.6 is 0 Å². The molecule has 0 radical (unpaired) electrons. The SMILES string of the molecule is N#Cc1cccc(S(=O)(=O)NCCCOC[C@H]2CCCO2)c1. The van der Waals surface area contributed by atoms with Crippen LogP contribution in [0.2, 0.25) is 0 Å². The summed E-state index contributed by atoms with van der Waals surface area (Å²) in [7, 11) is -3.58. The van der Waals surface area contributed by atoms with Crippen LogP contribution in [0.5, 0.6) is 0 Å². The van der Waals surface area contributed by atoms with Crippen LogP contribution in [0.4, 0.5) is 0 Å². The van der Waals surface area contributed by atoms with Gasteiger partial charge in [-0.2, -0.15) is 5.26 Å². The van der Waals surface area contributed by atoms with Crippen molar-refractivity contribution in [3.63, 3.8) is 0 Å². The average molecular weight is 324 g/mol. The lowest BCUT2D eigenvalue weighted by Gasteiger charge is -2.10. The molecule has 2 rings (SSSR count). The monoisotopic (exact) mass is 324 g/mol. The van der Waals surface area contributed by atoms with Crippen LogP contribution in [0.3, 0.4) is 0 Å². The molecule has 1 aromatic carbocycles. The lowest BCUT2D eigenvalue weighted by atomic mass is 10.2. The first kappa shape index (κ1) is 16.9. The molecule has 1 aromatic rings. The highest BCUT2D eigenvalue weighted by atomic mass is 32.2. The standard InChI is InChI=1S/C15H20N2O4S/c16-11-13-4-1-6-15(10-13)22(18,19)17-7-3-8-20-12-14-5-2-9-21-14/h1,4,6,10,14,17H,2-3,5,7-9,12H2/t14-/m1/s1. The third kappa shape index (κ3) is 5.07. The third-order valence-corrected chi connectivity index (χ3v) is 4.82. The number of rotatable bonds is 8. The number of nitriles is 1. The van der Waals surface area contributed by atoms with Crippen molar-refractivity contribution in [3.05, 3.63) is 29.8 Å². The number of nitrogens with zero attached hydrogens (tertiary/aromatic N) is 1. The van der Waals surface area contributed by atoms with E-state index < -0.39 is 10.0 Å². The van der Waals surface area contributed by atoms with Gasteiger partial charge in [0.05, 0.1) is 29.2 Å². The fourth-order valence-corrected chi connectivity index (χ4v) is 3.31. The lowest BCUT2D eigenvalue weighted by Crippen LogP contribution is -2.26. The van der Waals surface area contributed by atoms with E-state index in [0.717, 1.165) is 19.4 Å². The van der Waals surface area contributed by atoms with Crippen molar-refractivity contribution in [3.8, 4) is 6.07 Å². The van der Waals surface area contributed by atoms with Crippen LogP contribution in [-0.2, 0) is 19.5 Å². The van der Waals surface area contributed by atoms with Gasteiger partial charge < -0.3 is 9.47 Å². The summed E-state index contributed by atoms with van der Waals surface area (Å²) < 4.78 is 37.5. The Hall–Kier alpha value is -1.46. The summed E-state index contributed by atoms with van der Waals surface area (Å²) in [5, 5.41) is 8.80. The van der Waals surface area contributed by atoms with Crippen molar-refractivity contribution in [2.45, 2.75) is 30.3 Å². The van der Waals surface area contributed by atoms with E-state index >= 15 is 0 Å². The van der Waals surface area contributed by atoms with Gasteiger partial charge >= 0.3 is 0 Å². The number of nitrogens with one attached hydrogen (secondary N) is 1.